The molecule has 0 unspecified atom stereocenters. The van der Waals surface area contributed by atoms with E-state index >= 15 is 0 Å². The van der Waals surface area contributed by atoms with Gasteiger partial charge in [0.05, 0.1) is 11.5 Å². The minimum Gasteiger partial charge on any atom is -0.353 e. The SMILES string of the molecule is O=C(CCCc1ccccc1)NC1CCS(=O)(=O)CC1. The zero-order valence-corrected chi connectivity index (χ0v) is 12.4. The van der Waals surface area contributed by atoms with E-state index in [2.05, 4.69) is 17.4 Å². The number of hydrogen-bond donors (Lipinski definition) is 1. The second kappa shape index (κ2) is 6.88. The van der Waals surface area contributed by atoms with E-state index in [0.29, 0.717) is 19.3 Å². The van der Waals surface area contributed by atoms with Crippen LogP contribution in [0.5, 0.6) is 0 Å². The lowest BCUT2D eigenvalue weighted by Crippen LogP contribution is -2.40. The van der Waals surface area contributed by atoms with Gasteiger partial charge in [0.25, 0.3) is 0 Å². The monoisotopic (exact) mass is 295 g/mol. The number of aryl methyl sites for hydroxylation is 1. The molecule has 2 rings (SSSR count). The van der Waals surface area contributed by atoms with Crippen LogP contribution < -0.4 is 5.32 Å². The first kappa shape index (κ1) is 15.0. The summed E-state index contributed by atoms with van der Waals surface area (Å²) in [5.74, 6) is 0.425. The van der Waals surface area contributed by atoms with Crippen LogP contribution in [0.4, 0.5) is 0 Å². The molecule has 1 N–H and O–H groups in total. The first-order valence-corrected chi connectivity index (χ1v) is 8.91. The van der Waals surface area contributed by atoms with Gasteiger partial charge in [-0.15, -0.1) is 0 Å². The van der Waals surface area contributed by atoms with Gasteiger partial charge in [0.1, 0.15) is 9.84 Å². The van der Waals surface area contributed by atoms with Crippen LogP contribution >= 0.6 is 0 Å². The molecule has 110 valence electrons. The van der Waals surface area contributed by atoms with Gasteiger partial charge in [-0.05, 0) is 31.2 Å². The molecular formula is C15H21NO3S. The molecule has 1 aliphatic heterocycles. The molecule has 5 heteroatoms. The number of sulfone groups is 1. The van der Waals surface area contributed by atoms with Gasteiger partial charge in [-0.2, -0.15) is 0 Å². The number of rotatable bonds is 5. The van der Waals surface area contributed by atoms with Gasteiger partial charge < -0.3 is 5.32 Å². The third-order valence-electron chi connectivity index (χ3n) is 3.63. The van der Waals surface area contributed by atoms with Crippen LogP contribution in [-0.2, 0) is 21.1 Å². The minimum absolute atomic E-state index is 0.0303. The molecular weight excluding hydrogens is 274 g/mol. The van der Waals surface area contributed by atoms with Crippen molar-refractivity contribution in [3.05, 3.63) is 35.9 Å². The Morgan fingerprint density at radius 1 is 1.15 bits per heavy atom. The van der Waals surface area contributed by atoms with E-state index in [1.54, 1.807) is 0 Å². The van der Waals surface area contributed by atoms with E-state index in [4.69, 9.17) is 0 Å². The molecule has 0 saturated carbocycles. The predicted octanol–water partition coefficient (Wildman–Crippen LogP) is 1.70. The van der Waals surface area contributed by atoms with Crippen LogP contribution in [0.3, 0.4) is 0 Å². The minimum atomic E-state index is -2.86. The average Bonchev–Trinajstić information content (AvgIpc) is 2.42. The smallest absolute Gasteiger partial charge is 0.220 e. The summed E-state index contributed by atoms with van der Waals surface area (Å²) in [5, 5.41) is 2.94. The maximum Gasteiger partial charge on any atom is 0.220 e. The summed E-state index contributed by atoms with van der Waals surface area (Å²) < 4.78 is 22.6. The van der Waals surface area contributed by atoms with E-state index < -0.39 is 9.84 Å². The molecule has 1 aromatic rings. The van der Waals surface area contributed by atoms with Crippen molar-refractivity contribution in [1.82, 2.24) is 5.32 Å². The van der Waals surface area contributed by atoms with Crippen molar-refractivity contribution >= 4 is 15.7 Å². The maximum atomic E-state index is 11.8. The zero-order chi connectivity index (χ0) is 14.4. The molecule has 1 amide bonds. The fourth-order valence-electron chi connectivity index (χ4n) is 2.43. The molecule has 0 radical (unpaired) electrons. The lowest BCUT2D eigenvalue weighted by molar-refractivity contribution is -0.121. The van der Waals surface area contributed by atoms with Gasteiger partial charge >= 0.3 is 0 Å². The van der Waals surface area contributed by atoms with Gasteiger partial charge in [0, 0.05) is 12.5 Å². The maximum absolute atomic E-state index is 11.8. The summed E-state index contributed by atoms with van der Waals surface area (Å²) in [7, 11) is -2.86. The summed E-state index contributed by atoms with van der Waals surface area (Å²) in [5.41, 5.74) is 1.24. The lowest BCUT2D eigenvalue weighted by Gasteiger charge is -2.23. The molecule has 0 aliphatic carbocycles. The molecule has 4 nitrogen and oxygen atoms in total. The summed E-state index contributed by atoms with van der Waals surface area (Å²) >= 11 is 0. The summed E-state index contributed by atoms with van der Waals surface area (Å²) in [6, 6.07) is 10.1. The number of amides is 1. The van der Waals surface area contributed by atoms with E-state index in [0.717, 1.165) is 12.8 Å². The van der Waals surface area contributed by atoms with E-state index in [-0.39, 0.29) is 23.5 Å². The van der Waals surface area contributed by atoms with Crippen LogP contribution in [0.2, 0.25) is 0 Å². The lowest BCUT2D eigenvalue weighted by atomic mass is 10.1. The van der Waals surface area contributed by atoms with Crippen molar-refractivity contribution in [2.45, 2.75) is 38.1 Å². The number of hydrogen-bond acceptors (Lipinski definition) is 3. The molecule has 1 fully saturated rings. The highest BCUT2D eigenvalue weighted by molar-refractivity contribution is 7.91. The van der Waals surface area contributed by atoms with Crippen LogP contribution in [0, 0.1) is 0 Å². The molecule has 1 aromatic carbocycles. The van der Waals surface area contributed by atoms with Gasteiger partial charge in [0.15, 0.2) is 0 Å². The normalized spacial score (nSPS) is 18.6. The number of carbonyl (C=O) groups is 1. The predicted molar refractivity (Wildman–Crippen MR) is 79.2 cm³/mol. The summed E-state index contributed by atoms with van der Waals surface area (Å²) in [6.07, 6.45) is 3.31. The van der Waals surface area contributed by atoms with Crippen molar-refractivity contribution < 1.29 is 13.2 Å². The van der Waals surface area contributed by atoms with Crippen molar-refractivity contribution in [3.8, 4) is 0 Å². The number of benzene rings is 1. The van der Waals surface area contributed by atoms with Gasteiger partial charge in [-0.25, -0.2) is 8.42 Å². The topological polar surface area (TPSA) is 63.2 Å². The Morgan fingerprint density at radius 3 is 2.45 bits per heavy atom. The highest BCUT2D eigenvalue weighted by Crippen LogP contribution is 2.12. The molecule has 0 aromatic heterocycles. The average molecular weight is 295 g/mol. The first-order valence-electron chi connectivity index (χ1n) is 7.09. The molecule has 0 bridgehead atoms. The highest BCUT2D eigenvalue weighted by Gasteiger charge is 2.24. The Morgan fingerprint density at radius 2 is 1.80 bits per heavy atom. The molecule has 20 heavy (non-hydrogen) atoms. The Hall–Kier alpha value is -1.36. The van der Waals surface area contributed by atoms with Crippen molar-refractivity contribution in [1.29, 1.82) is 0 Å². The third kappa shape index (κ3) is 4.96. The van der Waals surface area contributed by atoms with Crippen LogP contribution in [0.25, 0.3) is 0 Å². The molecule has 1 saturated heterocycles. The first-order chi connectivity index (χ1) is 9.55. The van der Waals surface area contributed by atoms with E-state index in [1.165, 1.54) is 5.56 Å². The molecule has 0 spiro atoms. The van der Waals surface area contributed by atoms with Gasteiger partial charge in [0.2, 0.25) is 5.91 Å². The highest BCUT2D eigenvalue weighted by atomic mass is 32.2. The standard InChI is InChI=1S/C15H21NO3S/c17-15(8-4-7-13-5-2-1-3-6-13)16-14-9-11-20(18,19)12-10-14/h1-3,5-6,14H,4,7-12H2,(H,16,17). The van der Waals surface area contributed by atoms with Gasteiger partial charge in [-0.3, -0.25) is 4.79 Å². The van der Waals surface area contributed by atoms with E-state index in [1.807, 2.05) is 18.2 Å². The number of carbonyl (C=O) groups excluding carboxylic acids is 1. The number of nitrogens with one attached hydrogen (secondary N) is 1. The third-order valence-corrected chi connectivity index (χ3v) is 5.35. The second-order valence-electron chi connectivity index (χ2n) is 5.33. The fourth-order valence-corrected chi connectivity index (χ4v) is 3.92. The van der Waals surface area contributed by atoms with Crippen molar-refractivity contribution in [3.63, 3.8) is 0 Å². The Bertz CT molecular complexity index is 525. The zero-order valence-electron chi connectivity index (χ0n) is 11.5. The second-order valence-corrected chi connectivity index (χ2v) is 7.64. The van der Waals surface area contributed by atoms with Crippen LogP contribution in [0.15, 0.2) is 30.3 Å². The Labute approximate surface area is 120 Å². The largest absolute Gasteiger partial charge is 0.353 e. The van der Waals surface area contributed by atoms with Crippen molar-refractivity contribution in [2.75, 3.05) is 11.5 Å². The molecule has 1 aliphatic rings. The van der Waals surface area contributed by atoms with Crippen LogP contribution in [0.1, 0.15) is 31.2 Å². The Balaban J connectivity index is 1.66. The summed E-state index contributed by atoms with van der Waals surface area (Å²) in [6.45, 7) is 0. The summed E-state index contributed by atoms with van der Waals surface area (Å²) in [4.78, 5) is 11.8. The van der Waals surface area contributed by atoms with Crippen LogP contribution in [-0.4, -0.2) is 31.9 Å². The molecule has 1 heterocycles. The quantitative estimate of drug-likeness (QED) is 0.899. The Kier molecular flexibility index (Phi) is 5.17. The fraction of sp³-hybridized carbons (Fsp3) is 0.533. The van der Waals surface area contributed by atoms with E-state index in [9.17, 15) is 13.2 Å². The van der Waals surface area contributed by atoms with Gasteiger partial charge in [-0.1, -0.05) is 30.3 Å². The van der Waals surface area contributed by atoms with Crippen molar-refractivity contribution in [2.24, 2.45) is 0 Å². The molecule has 0 atom stereocenters.